The van der Waals surface area contributed by atoms with Crippen molar-refractivity contribution in [3.8, 4) is 0 Å². The lowest BCUT2D eigenvalue weighted by Gasteiger charge is -2.14. The minimum Gasteiger partial charge on any atom is -0.440 e. The van der Waals surface area contributed by atoms with Gasteiger partial charge in [0.1, 0.15) is 12.1 Å². The van der Waals surface area contributed by atoms with Gasteiger partial charge >= 0.3 is 0 Å². The summed E-state index contributed by atoms with van der Waals surface area (Å²) in [4.78, 5) is 18.2. The maximum Gasteiger partial charge on any atom is 0.248 e. The third-order valence-corrected chi connectivity index (χ3v) is 3.72. The molecule has 1 fully saturated rings. The second-order valence-corrected chi connectivity index (χ2v) is 5.28. The van der Waals surface area contributed by atoms with Crippen LogP contribution >= 0.6 is 0 Å². The summed E-state index contributed by atoms with van der Waals surface area (Å²) in [5.41, 5.74) is 2.87. The van der Waals surface area contributed by atoms with Gasteiger partial charge in [-0.15, -0.1) is 0 Å². The van der Waals surface area contributed by atoms with E-state index in [-0.39, 0.29) is 18.4 Å². The Labute approximate surface area is 117 Å². The smallest absolute Gasteiger partial charge is 0.248 e. The molecule has 5 heteroatoms. The van der Waals surface area contributed by atoms with Crippen molar-refractivity contribution in [2.75, 3.05) is 26.8 Å². The fourth-order valence-corrected chi connectivity index (χ4v) is 2.63. The van der Waals surface area contributed by atoms with Crippen LogP contribution in [0.5, 0.6) is 0 Å². The van der Waals surface area contributed by atoms with E-state index in [1.54, 1.807) is 0 Å². The molecule has 0 radical (unpaired) electrons. The Morgan fingerprint density at radius 1 is 1.55 bits per heavy atom. The molecule has 0 bridgehead atoms. The summed E-state index contributed by atoms with van der Waals surface area (Å²) in [6.07, 6.45) is 0.890. The molecule has 106 valence electrons. The summed E-state index contributed by atoms with van der Waals surface area (Å²) in [5, 5.41) is 0. The first-order valence-electron chi connectivity index (χ1n) is 6.81. The molecule has 20 heavy (non-hydrogen) atoms. The average molecular weight is 274 g/mol. The maximum atomic E-state index is 11.8. The molecule has 0 aliphatic carbocycles. The van der Waals surface area contributed by atoms with Gasteiger partial charge in [0.05, 0.1) is 5.92 Å². The van der Waals surface area contributed by atoms with Crippen LogP contribution < -0.4 is 0 Å². The van der Waals surface area contributed by atoms with Gasteiger partial charge in [0, 0.05) is 20.2 Å². The van der Waals surface area contributed by atoms with Crippen LogP contribution in [0.3, 0.4) is 0 Å². The number of aryl methyl sites for hydroxylation is 1. The van der Waals surface area contributed by atoms with Crippen LogP contribution in [0.2, 0.25) is 0 Å². The number of carbonyl (C=O) groups excluding carboxylic acids is 1. The van der Waals surface area contributed by atoms with Gasteiger partial charge in [0.25, 0.3) is 0 Å². The topological polar surface area (TPSA) is 55.6 Å². The van der Waals surface area contributed by atoms with Gasteiger partial charge in [-0.3, -0.25) is 4.79 Å². The zero-order chi connectivity index (χ0) is 14.1. The number of amides is 1. The summed E-state index contributed by atoms with van der Waals surface area (Å²) in [6, 6.07) is 5.98. The average Bonchev–Trinajstić information content (AvgIpc) is 3.04. The van der Waals surface area contributed by atoms with Gasteiger partial charge in [-0.2, -0.15) is 0 Å². The number of hydrogen-bond acceptors (Lipinski definition) is 4. The Kier molecular flexibility index (Phi) is 3.44. The standard InChI is InChI=1S/C15H18N2O3/c1-10-3-4-13-12(7-10)16-15(20-13)11-5-6-17(8-11)14(18)9-19-2/h3-4,7,11H,5-6,8-9H2,1-2H3/t11-/m0/s1. The first-order chi connectivity index (χ1) is 9.67. The number of methoxy groups -OCH3 is 1. The molecular formula is C15H18N2O3. The van der Waals surface area contributed by atoms with Gasteiger partial charge < -0.3 is 14.1 Å². The van der Waals surface area contributed by atoms with E-state index in [2.05, 4.69) is 4.98 Å². The van der Waals surface area contributed by atoms with E-state index in [1.807, 2.05) is 30.0 Å². The normalized spacial score (nSPS) is 18.9. The van der Waals surface area contributed by atoms with Crippen molar-refractivity contribution < 1.29 is 13.9 Å². The molecule has 5 nitrogen and oxygen atoms in total. The van der Waals surface area contributed by atoms with Crippen LogP contribution in [0, 0.1) is 6.92 Å². The van der Waals surface area contributed by atoms with Crippen LogP contribution in [-0.4, -0.2) is 42.6 Å². The summed E-state index contributed by atoms with van der Waals surface area (Å²) < 4.78 is 10.7. The molecule has 1 saturated heterocycles. The number of aromatic nitrogens is 1. The highest BCUT2D eigenvalue weighted by molar-refractivity contribution is 5.78. The molecular weight excluding hydrogens is 256 g/mol. The van der Waals surface area contributed by atoms with Crippen LogP contribution in [0.4, 0.5) is 0 Å². The van der Waals surface area contributed by atoms with Crippen molar-refractivity contribution in [2.45, 2.75) is 19.3 Å². The van der Waals surface area contributed by atoms with Crippen molar-refractivity contribution in [3.63, 3.8) is 0 Å². The predicted molar refractivity (Wildman–Crippen MR) is 74.6 cm³/mol. The molecule has 0 spiro atoms. The van der Waals surface area contributed by atoms with E-state index < -0.39 is 0 Å². The summed E-state index contributed by atoms with van der Waals surface area (Å²) >= 11 is 0. The van der Waals surface area contributed by atoms with Crippen LogP contribution in [-0.2, 0) is 9.53 Å². The summed E-state index contributed by atoms with van der Waals surface area (Å²) in [7, 11) is 1.54. The number of benzene rings is 1. The van der Waals surface area contributed by atoms with E-state index in [0.29, 0.717) is 6.54 Å². The third-order valence-electron chi connectivity index (χ3n) is 3.72. The Hall–Kier alpha value is -1.88. The first kappa shape index (κ1) is 13.1. The van der Waals surface area contributed by atoms with Crippen molar-refractivity contribution >= 4 is 17.0 Å². The molecule has 2 aromatic rings. The first-order valence-corrected chi connectivity index (χ1v) is 6.81. The zero-order valence-corrected chi connectivity index (χ0v) is 11.8. The van der Waals surface area contributed by atoms with Gasteiger partial charge in [-0.1, -0.05) is 6.07 Å². The van der Waals surface area contributed by atoms with Gasteiger partial charge in [-0.05, 0) is 31.0 Å². The number of rotatable bonds is 3. The molecule has 1 aromatic heterocycles. The molecule has 0 saturated carbocycles. The quantitative estimate of drug-likeness (QED) is 0.860. The number of carbonyl (C=O) groups is 1. The minimum absolute atomic E-state index is 0.0296. The highest BCUT2D eigenvalue weighted by atomic mass is 16.5. The molecule has 1 atom stereocenters. The monoisotopic (exact) mass is 274 g/mol. The van der Waals surface area contributed by atoms with Crippen molar-refractivity contribution in [1.82, 2.24) is 9.88 Å². The molecule has 0 N–H and O–H groups in total. The number of fused-ring (bicyclic) bond motifs is 1. The van der Waals surface area contributed by atoms with Crippen molar-refractivity contribution in [1.29, 1.82) is 0 Å². The Morgan fingerprint density at radius 2 is 2.40 bits per heavy atom. The number of ether oxygens (including phenoxy) is 1. The zero-order valence-electron chi connectivity index (χ0n) is 11.8. The fraction of sp³-hybridized carbons (Fsp3) is 0.467. The Balaban J connectivity index is 1.77. The van der Waals surface area contributed by atoms with Gasteiger partial charge in [0.2, 0.25) is 5.91 Å². The molecule has 1 aliphatic rings. The summed E-state index contributed by atoms with van der Waals surface area (Å²) in [5.74, 6) is 0.948. The van der Waals surface area contributed by atoms with Crippen LogP contribution in [0.25, 0.3) is 11.1 Å². The van der Waals surface area contributed by atoms with Crippen molar-refractivity contribution in [3.05, 3.63) is 29.7 Å². The van der Waals surface area contributed by atoms with Crippen LogP contribution in [0.15, 0.2) is 22.6 Å². The minimum atomic E-state index is 0.0296. The molecule has 0 unspecified atom stereocenters. The lowest BCUT2D eigenvalue weighted by atomic mass is 10.1. The summed E-state index contributed by atoms with van der Waals surface area (Å²) in [6.45, 7) is 3.58. The molecule has 1 amide bonds. The van der Waals surface area contributed by atoms with E-state index >= 15 is 0 Å². The predicted octanol–water partition coefficient (Wildman–Crippen LogP) is 2.10. The number of nitrogens with zero attached hydrogens (tertiary/aromatic N) is 2. The van der Waals surface area contributed by atoms with E-state index in [0.717, 1.165) is 30.0 Å². The molecule has 3 rings (SSSR count). The lowest BCUT2D eigenvalue weighted by molar-refractivity contribution is -0.134. The third kappa shape index (κ3) is 2.41. The van der Waals surface area contributed by atoms with E-state index in [9.17, 15) is 4.79 Å². The Bertz CT molecular complexity index is 635. The maximum absolute atomic E-state index is 11.8. The van der Waals surface area contributed by atoms with E-state index in [4.69, 9.17) is 9.15 Å². The van der Waals surface area contributed by atoms with E-state index in [1.165, 1.54) is 12.7 Å². The fourth-order valence-electron chi connectivity index (χ4n) is 2.63. The largest absolute Gasteiger partial charge is 0.440 e. The second-order valence-electron chi connectivity index (χ2n) is 5.28. The highest BCUT2D eigenvalue weighted by Crippen LogP contribution is 2.29. The van der Waals surface area contributed by atoms with Crippen molar-refractivity contribution in [2.24, 2.45) is 0 Å². The number of oxazole rings is 1. The Morgan fingerprint density at radius 3 is 3.20 bits per heavy atom. The molecule has 1 aromatic carbocycles. The van der Waals surface area contributed by atoms with Gasteiger partial charge in [0.15, 0.2) is 11.5 Å². The highest BCUT2D eigenvalue weighted by Gasteiger charge is 2.30. The number of likely N-dealkylation sites (tertiary alicyclic amines) is 1. The van der Waals surface area contributed by atoms with Crippen LogP contribution in [0.1, 0.15) is 23.8 Å². The van der Waals surface area contributed by atoms with Gasteiger partial charge in [-0.25, -0.2) is 4.98 Å². The SMILES string of the molecule is COCC(=O)N1CC[C@H](c2nc3cc(C)ccc3o2)C1. The molecule has 1 aliphatic heterocycles. The number of hydrogen-bond donors (Lipinski definition) is 0. The molecule has 2 heterocycles. The second kappa shape index (κ2) is 5.25. The lowest BCUT2D eigenvalue weighted by Crippen LogP contribution is -2.31.